The van der Waals surface area contributed by atoms with Gasteiger partial charge in [0.05, 0.1) is 6.20 Å². The summed E-state index contributed by atoms with van der Waals surface area (Å²) in [4.78, 5) is 27.9. The summed E-state index contributed by atoms with van der Waals surface area (Å²) in [6.45, 7) is 4.58. The highest BCUT2D eigenvalue weighted by Gasteiger charge is 2.25. The summed E-state index contributed by atoms with van der Waals surface area (Å²) < 4.78 is 1.80. The number of fused-ring (bicyclic) bond motifs is 1. The molecule has 1 aliphatic carbocycles. The third-order valence-corrected chi connectivity index (χ3v) is 5.27. The Labute approximate surface area is 168 Å². The number of imide groups is 1. The Morgan fingerprint density at radius 1 is 1.34 bits per heavy atom. The van der Waals surface area contributed by atoms with Gasteiger partial charge >= 0.3 is 6.03 Å². The lowest BCUT2D eigenvalue weighted by Gasteiger charge is -2.22. The van der Waals surface area contributed by atoms with E-state index in [1.165, 1.54) is 12.8 Å². The number of hydrogen-bond acceptors (Lipinski definition) is 6. The number of nitrogens with zero attached hydrogens (tertiary/aromatic N) is 3. The molecule has 1 saturated heterocycles. The van der Waals surface area contributed by atoms with Crippen LogP contribution in [-0.2, 0) is 11.2 Å². The van der Waals surface area contributed by atoms with Crippen molar-refractivity contribution in [2.45, 2.75) is 39.5 Å². The Balaban J connectivity index is 1.68. The largest absolute Gasteiger partial charge is 0.396 e. The molecule has 0 unspecified atom stereocenters. The highest BCUT2D eigenvalue weighted by molar-refractivity contribution is 6.14. The van der Waals surface area contributed by atoms with Crippen LogP contribution in [0.25, 0.3) is 11.7 Å². The first-order valence-electron chi connectivity index (χ1n) is 9.91. The van der Waals surface area contributed by atoms with Crippen LogP contribution in [0.3, 0.4) is 0 Å². The van der Waals surface area contributed by atoms with E-state index < -0.39 is 11.9 Å². The van der Waals surface area contributed by atoms with E-state index in [9.17, 15) is 14.7 Å². The molecule has 2 aromatic rings. The summed E-state index contributed by atoms with van der Waals surface area (Å²) in [6, 6.07) is 1.46. The van der Waals surface area contributed by atoms with Gasteiger partial charge in [0.2, 0.25) is 0 Å². The second-order valence-electron chi connectivity index (χ2n) is 8.59. The molecule has 4 N–H and O–H groups in total. The molecule has 0 aromatic carbocycles. The van der Waals surface area contributed by atoms with E-state index in [1.54, 1.807) is 16.8 Å². The van der Waals surface area contributed by atoms with E-state index in [4.69, 9.17) is 0 Å². The standard InChI is InChI=1S/C20H26N6O3/c1-20(2,11-27)10-21-16-8-14(6-5-12-3-4-12)26-17(24-16)13(9-22-26)7-15-18(28)25-19(29)23-15/h7-9,12,27H,3-6,10-11H2,1-2H3,(H,21,24)(H2,23,25,28,29)/b15-7-. The summed E-state index contributed by atoms with van der Waals surface area (Å²) in [7, 11) is 0. The van der Waals surface area contributed by atoms with Gasteiger partial charge in [0.15, 0.2) is 5.65 Å². The fourth-order valence-corrected chi connectivity index (χ4v) is 3.19. The molecule has 3 heterocycles. The molecule has 2 aliphatic rings. The van der Waals surface area contributed by atoms with Gasteiger partial charge in [-0.05, 0) is 24.8 Å². The predicted octanol–water partition coefficient (Wildman–Crippen LogP) is 1.68. The number of amides is 3. The summed E-state index contributed by atoms with van der Waals surface area (Å²) >= 11 is 0. The van der Waals surface area contributed by atoms with Gasteiger partial charge in [0.1, 0.15) is 11.5 Å². The number of aryl methyl sites for hydroxylation is 1. The van der Waals surface area contributed by atoms with E-state index in [0.29, 0.717) is 23.6 Å². The molecule has 0 bridgehead atoms. The number of carbonyl (C=O) groups excluding carboxylic acids is 2. The minimum atomic E-state index is -0.538. The highest BCUT2D eigenvalue weighted by Crippen LogP contribution is 2.34. The monoisotopic (exact) mass is 398 g/mol. The lowest BCUT2D eigenvalue weighted by Crippen LogP contribution is -2.27. The number of rotatable bonds is 8. The second-order valence-corrected chi connectivity index (χ2v) is 8.59. The highest BCUT2D eigenvalue weighted by atomic mass is 16.3. The molecule has 29 heavy (non-hydrogen) atoms. The minimum Gasteiger partial charge on any atom is -0.396 e. The minimum absolute atomic E-state index is 0.0651. The Bertz CT molecular complexity index is 990. The van der Waals surface area contributed by atoms with Crippen molar-refractivity contribution in [1.29, 1.82) is 0 Å². The zero-order valence-corrected chi connectivity index (χ0v) is 16.7. The number of nitrogens with one attached hydrogen (secondary N) is 3. The molecule has 9 heteroatoms. The second kappa shape index (κ2) is 7.47. The van der Waals surface area contributed by atoms with Crippen molar-refractivity contribution < 1.29 is 14.7 Å². The molecular weight excluding hydrogens is 372 g/mol. The first-order valence-corrected chi connectivity index (χ1v) is 9.91. The van der Waals surface area contributed by atoms with Crippen molar-refractivity contribution in [1.82, 2.24) is 25.2 Å². The van der Waals surface area contributed by atoms with E-state index >= 15 is 0 Å². The maximum Gasteiger partial charge on any atom is 0.326 e. The quantitative estimate of drug-likeness (QED) is 0.397. The Hall–Kier alpha value is -2.94. The molecule has 2 fully saturated rings. The van der Waals surface area contributed by atoms with Gasteiger partial charge in [0, 0.05) is 35.9 Å². The molecule has 0 radical (unpaired) electrons. The van der Waals surface area contributed by atoms with Gasteiger partial charge in [-0.15, -0.1) is 0 Å². The maximum atomic E-state index is 11.9. The lowest BCUT2D eigenvalue weighted by atomic mass is 9.95. The fourth-order valence-electron chi connectivity index (χ4n) is 3.19. The first kappa shape index (κ1) is 19.4. The van der Waals surface area contributed by atoms with Gasteiger partial charge in [-0.3, -0.25) is 10.1 Å². The zero-order chi connectivity index (χ0) is 20.6. The van der Waals surface area contributed by atoms with E-state index in [2.05, 4.69) is 26.0 Å². The topological polar surface area (TPSA) is 121 Å². The number of carbonyl (C=O) groups is 2. The van der Waals surface area contributed by atoms with Crippen LogP contribution in [0.1, 0.15) is 44.4 Å². The molecule has 9 nitrogen and oxygen atoms in total. The normalized spacial score (nSPS) is 18.4. The van der Waals surface area contributed by atoms with Crippen LogP contribution >= 0.6 is 0 Å². The molecule has 0 spiro atoms. The molecule has 154 valence electrons. The van der Waals surface area contributed by atoms with Gasteiger partial charge in [-0.25, -0.2) is 14.3 Å². The van der Waals surface area contributed by atoms with Crippen LogP contribution in [-0.4, -0.2) is 44.8 Å². The van der Waals surface area contributed by atoms with Crippen LogP contribution in [0.4, 0.5) is 10.6 Å². The smallest absolute Gasteiger partial charge is 0.326 e. The van der Waals surface area contributed by atoms with Gasteiger partial charge in [-0.1, -0.05) is 26.7 Å². The van der Waals surface area contributed by atoms with Gasteiger partial charge < -0.3 is 15.7 Å². The van der Waals surface area contributed by atoms with E-state index in [1.807, 2.05) is 19.9 Å². The fraction of sp³-hybridized carbons (Fsp3) is 0.500. The summed E-state index contributed by atoms with van der Waals surface area (Å²) in [5, 5.41) is 22.0. The molecule has 0 atom stereocenters. The van der Waals surface area contributed by atoms with Crippen molar-refractivity contribution in [3.05, 3.63) is 29.2 Å². The van der Waals surface area contributed by atoms with E-state index in [-0.39, 0.29) is 17.7 Å². The Kier molecular flexibility index (Phi) is 4.99. The van der Waals surface area contributed by atoms with E-state index in [0.717, 1.165) is 24.5 Å². The maximum absolute atomic E-state index is 11.9. The average molecular weight is 398 g/mol. The molecule has 4 rings (SSSR count). The number of anilines is 1. The summed E-state index contributed by atoms with van der Waals surface area (Å²) in [5.41, 5.74) is 2.19. The number of aliphatic hydroxyl groups is 1. The van der Waals surface area contributed by atoms with Crippen molar-refractivity contribution in [2.75, 3.05) is 18.5 Å². The van der Waals surface area contributed by atoms with Crippen molar-refractivity contribution in [3.63, 3.8) is 0 Å². The zero-order valence-electron chi connectivity index (χ0n) is 16.7. The lowest BCUT2D eigenvalue weighted by molar-refractivity contribution is -0.115. The van der Waals surface area contributed by atoms with Crippen LogP contribution in [0, 0.1) is 11.3 Å². The van der Waals surface area contributed by atoms with Crippen molar-refractivity contribution in [2.24, 2.45) is 11.3 Å². The van der Waals surface area contributed by atoms with Crippen LogP contribution in [0.15, 0.2) is 18.0 Å². The van der Waals surface area contributed by atoms with Gasteiger partial charge in [-0.2, -0.15) is 5.10 Å². The number of hydrogen-bond donors (Lipinski definition) is 4. The van der Waals surface area contributed by atoms with Gasteiger partial charge in [0.25, 0.3) is 5.91 Å². The molecular formula is C20H26N6O3. The number of aliphatic hydroxyl groups excluding tert-OH is 1. The number of urea groups is 1. The SMILES string of the molecule is CC(C)(CO)CNc1cc(CCC2CC2)n2ncc(/C=C3\NC(=O)NC3=O)c2n1. The van der Waals surface area contributed by atoms with Crippen LogP contribution < -0.4 is 16.0 Å². The molecule has 1 aliphatic heterocycles. The third-order valence-electron chi connectivity index (χ3n) is 5.27. The number of aromatic nitrogens is 3. The Morgan fingerprint density at radius 3 is 2.79 bits per heavy atom. The van der Waals surface area contributed by atoms with Crippen molar-refractivity contribution >= 4 is 29.5 Å². The first-order chi connectivity index (χ1) is 13.8. The van der Waals surface area contributed by atoms with Crippen LogP contribution in [0.2, 0.25) is 0 Å². The predicted molar refractivity (Wildman–Crippen MR) is 108 cm³/mol. The third kappa shape index (κ3) is 4.40. The average Bonchev–Trinajstić information content (AvgIpc) is 3.35. The molecule has 1 saturated carbocycles. The summed E-state index contributed by atoms with van der Waals surface area (Å²) in [6.07, 6.45) is 7.80. The van der Waals surface area contributed by atoms with Crippen molar-refractivity contribution in [3.8, 4) is 0 Å². The molecule has 2 aromatic heterocycles. The summed E-state index contributed by atoms with van der Waals surface area (Å²) in [5.74, 6) is 1.02. The van der Waals surface area contributed by atoms with Crippen LogP contribution in [0.5, 0.6) is 0 Å². The molecule has 3 amide bonds. The Morgan fingerprint density at radius 2 is 2.14 bits per heavy atom.